The summed E-state index contributed by atoms with van der Waals surface area (Å²) in [5, 5.41) is 0. The molecule has 0 aliphatic heterocycles. The monoisotopic (exact) mass is 195 g/mol. The molecule has 0 aromatic heterocycles. The molecule has 14 heavy (non-hydrogen) atoms. The predicted octanol–water partition coefficient (Wildman–Crippen LogP) is 3.47. The van der Waals surface area contributed by atoms with Crippen molar-refractivity contribution in [3.05, 3.63) is 0 Å². The zero-order valence-corrected chi connectivity index (χ0v) is 9.60. The molecule has 2 aliphatic rings. The highest BCUT2D eigenvalue weighted by molar-refractivity contribution is 4.98. The van der Waals surface area contributed by atoms with Crippen LogP contribution in [-0.4, -0.2) is 5.54 Å². The average Bonchev–Trinajstić information content (AvgIpc) is 2.95. The van der Waals surface area contributed by atoms with Crippen LogP contribution in [0.25, 0.3) is 0 Å². The third-order valence-electron chi connectivity index (χ3n) is 4.49. The van der Waals surface area contributed by atoms with Crippen molar-refractivity contribution in [1.82, 2.24) is 0 Å². The smallest absolute Gasteiger partial charge is 0.0155 e. The molecule has 0 atom stereocenters. The second-order valence-electron chi connectivity index (χ2n) is 5.70. The third kappa shape index (κ3) is 2.73. The summed E-state index contributed by atoms with van der Waals surface area (Å²) < 4.78 is 0. The van der Waals surface area contributed by atoms with Gasteiger partial charge >= 0.3 is 0 Å². The topological polar surface area (TPSA) is 26.0 Å². The summed E-state index contributed by atoms with van der Waals surface area (Å²) in [7, 11) is 0. The van der Waals surface area contributed by atoms with Crippen LogP contribution in [0, 0.1) is 11.8 Å². The normalized spacial score (nSPS) is 35.6. The van der Waals surface area contributed by atoms with Crippen LogP contribution in [0.2, 0.25) is 0 Å². The molecule has 0 amide bonds. The second kappa shape index (κ2) is 4.22. The fourth-order valence-corrected chi connectivity index (χ4v) is 2.83. The van der Waals surface area contributed by atoms with E-state index in [9.17, 15) is 0 Å². The molecule has 0 heterocycles. The van der Waals surface area contributed by atoms with E-state index in [0.717, 1.165) is 11.8 Å². The SMILES string of the molecule is CCC1CCC(CCC2(N)CC2)CC1. The van der Waals surface area contributed by atoms with E-state index in [4.69, 9.17) is 5.73 Å². The number of hydrogen-bond acceptors (Lipinski definition) is 1. The summed E-state index contributed by atoms with van der Waals surface area (Å²) in [6.07, 6.45) is 12.6. The fourth-order valence-electron chi connectivity index (χ4n) is 2.83. The van der Waals surface area contributed by atoms with Gasteiger partial charge in [-0.05, 0) is 37.5 Å². The molecule has 0 unspecified atom stereocenters. The van der Waals surface area contributed by atoms with E-state index in [1.807, 2.05) is 0 Å². The minimum atomic E-state index is 0.293. The minimum Gasteiger partial charge on any atom is -0.325 e. The van der Waals surface area contributed by atoms with Gasteiger partial charge in [-0.2, -0.15) is 0 Å². The number of nitrogens with two attached hydrogens (primary N) is 1. The molecule has 1 nitrogen and oxygen atoms in total. The summed E-state index contributed by atoms with van der Waals surface area (Å²) >= 11 is 0. The van der Waals surface area contributed by atoms with Gasteiger partial charge in [0, 0.05) is 5.54 Å². The first-order valence-electron chi connectivity index (χ1n) is 6.51. The third-order valence-corrected chi connectivity index (χ3v) is 4.49. The molecule has 0 bridgehead atoms. The van der Waals surface area contributed by atoms with Crippen LogP contribution in [0.15, 0.2) is 0 Å². The van der Waals surface area contributed by atoms with E-state index in [1.165, 1.54) is 57.8 Å². The lowest BCUT2D eigenvalue weighted by atomic mass is 9.78. The Morgan fingerprint density at radius 3 is 2.14 bits per heavy atom. The van der Waals surface area contributed by atoms with Crippen LogP contribution in [0.4, 0.5) is 0 Å². The van der Waals surface area contributed by atoms with Crippen molar-refractivity contribution < 1.29 is 0 Å². The van der Waals surface area contributed by atoms with Gasteiger partial charge in [-0.25, -0.2) is 0 Å². The Kier molecular flexibility index (Phi) is 3.16. The largest absolute Gasteiger partial charge is 0.325 e. The Morgan fingerprint density at radius 1 is 1.07 bits per heavy atom. The van der Waals surface area contributed by atoms with Crippen LogP contribution in [0.5, 0.6) is 0 Å². The zero-order chi connectivity index (χ0) is 10.0. The lowest BCUT2D eigenvalue weighted by Crippen LogP contribution is -2.23. The maximum Gasteiger partial charge on any atom is 0.0155 e. The van der Waals surface area contributed by atoms with E-state index in [-0.39, 0.29) is 0 Å². The van der Waals surface area contributed by atoms with Crippen molar-refractivity contribution >= 4 is 0 Å². The highest BCUT2D eigenvalue weighted by Crippen LogP contribution is 2.40. The summed E-state index contributed by atoms with van der Waals surface area (Å²) in [6.45, 7) is 2.34. The van der Waals surface area contributed by atoms with E-state index in [1.54, 1.807) is 0 Å². The van der Waals surface area contributed by atoms with Gasteiger partial charge in [0.2, 0.25) is 0 Å². The van der Waals surface area contributed by atoms with E-state index < -0.39 is 0 Å². The van der Waals surface area contributed by atoms with Crippen molar-refractivity contribution in [2.45, 2.75) is 70.3 Å². The Bertz CT molecular complexity index is 176. The van der Waals surface area contributed by atoms with Crippen molar-refractivity contribution in [3.8, 4) is 0 Å². The second-order valence-corrected chi connectivity index (χ2v) is 5.70. The summed E-state index contributed by atoms with van der Waals surface area (Å²) in [4.78, 5) is 0. The van der Waals surface area contributed by atoms with Crippen LogP contribution < -0.4 is 5.73 Å². The number of hydrogen-bond donors (Lipinski definition) is 1. The highest BCUT2D eigenvalue weighted by atomic mass is 14.8. The van der Waals surface area contributed by atoms with Gasteiger partial charge in [-0.3, -0.25) is 0 Å². The van der Waals surface area contributed by atoms with Gasteiger partial charge in [0.25, 0.3) is 0 Å². The maximum absolute atomic E-state index is 6.12. The minimum absolute atomic E-state index is 0.293. The quantitative estimate of drug-likeness (QED) is 0.730. The maximum atomic E-state index is 6.12. The molecule has 2 saturated carbocycles. The summed E-state index contributed by atoms with van der Waals surface area (Å²) in [6, 6.07) is 0. The Hall–Kier alpha value is -0.0400. The molecular weight excluding hydrogens is 170 g/mol. The lowest BCUT2D eigenvalue weighted by molar-refractivity contribution is 0.250. The summed E-state index contributed by atoms with van der Waals surface area (Å²) in [5.41, 5.74) is 6.41. The average molecular weight is 195 g/mol. The van der Waals surface area contributed by atoms with Crippen molar-refractivity contribution in [2.24, 2.45) is 17.6 Å². The highest BCUT2D eigenvalue weighted by Gasteiger charge is 2.38. The van der Waals surface area contributed by atoms with Crippen LogP contribution in [-0.2, 0) is 0 Å². The van der Waals surface area contributed by atoms with Crippen LogP contribution in [0.1, 0.15) is 64.7 Å². The van der Waals surface area contributed by atoms with Gasteiger partial charge in [0.15, 0.2) is 0 Å². The van der Waals surface area contributed by atoms with Crippen molar-refractivity contribution in [3.63, 3.8) is 0 Å². The molecule has 2 aliphatic carbocycles. The molecule has 1 heteroatoms. The first-order chi connectivity index (χ1) is 6.72. The lowest BCUT2D eigenvalue weighted by Gasteiger charge is -2.28. The molecular formula is C13H25N. The Balaban J connectivity index is 1.63. The molecule has 82 valence electrons. The molecule has 0 aromatic rings. The first kappa shape index (κ1) is 10.5. The zero-order valence-electron chi connectivity index (χ0n) is 9.60. The van der Waals surface area contributed by atoms with Gasteiger partial charge in [0.1, 0.15) is 0 Å². The molecule has 0 saturated heterocycles. The molecule has 2 rings (SSSR count). The van der Waals surface area contributed by atoms with Gasteiger partial charge in [-0.1, -0.05) is 39.0 Å². The summed E-state index contributed by atoms with van der Waals surface area (Å²) in [5.74, 6) is 2.05. The van der Waals surface area contributed by atoms with Crippen LogP contribution >= 0.6 is 0 Å². The van der Waals surface area contributed by atoms with Crippen molar-refractivity contribution in [2.75, 3.05) is 0 Å². The number of rotatable bonds is 4. The fraction of sp³-hybridized carbons (Fsp3) is 1.00. The molecule has 0 spiro atoms. The van der Waals surface area contributed by atoms with Gasteiger partial charge < -0.3 is 5.73 Å². The van der Waals surface area contributed by atoms with E-state index in [0.29, 0.717) is 5.54 Å². The molecule has 0 aromatic carbocycles. The van der Waals surface area contributed by atoms with Crippen molar-refractivity contribution in [1.29, 1.82) is 0 Å². The predicted molar refractivity (Wildman–Crippen MR) is 61.1 cm³/mol. The Labute approximate surface area is 88.4 Å². The molecule has 2 N–H and O–H groups in total. The van der Waals surface area contributed by atoms with Crippen LogP contribution in [0.3, 0.4) is 0 Å². The van der Waals surface area contributed by atoms with Gasteiger partial charge in [0.05, 0.1) is 0 Å². The first-order valence-corrected chi connectivity index (χ1v) is 6.51. The molecule has 0 radical (unpaired) electrons. The standard InChI is InChI=1S/C13H25N/c1-2-11-3-5-12(6-4-11)7-8-13(14)9-10-13/h11-12H,2-10,14H2,1H3. The van der Waals surface area contributed by atoms with E-state index >= 15 is 0 Å². The van der Waals surface area contributed by atoms with Gasteiger partial charge in [-0.15, -0.1) is 0 Å². The van der Waals surface area contributed by atoms with E-state index in [2.05, 4.69) is 6.92 Å². The Morgan fingerprint density at radius 2 is 1.64 bits per heavy atom. The molecule has 2 fully saturated rings.